The Balaban J connectivity index is 1.45. The first kappa shape index (κ1) is 17.9. The third-order valence-electron chi connectivity index (χ3n) is 4.99. The standard InChI is InChI=1S/C18H31N3O3/c1-13(2)18-19-16-10-21(7-6-17(16)20(18)3)9-14(22)11-23-12-15-5-4-8-24-15/h13-15,22H,4-12H2,1-3H3/t14-,15-/m1/s1. The number of hydrogen-bond donors (Lipinski definition) is 1. The quantitative estimate of drug-likeness (QED) is 0.816. The molecule has 1 aromatic rings. The molecule has 0 amide bonds. The van der Waals surface area contributed by atoms with Gasteiger partial charge in [0.25, 0.3) is 0 Å². The minimum absolute atomic E-state index is 0.220. The second-order valence-corrected chi connectivity index (χ2v) is 7.39. The van der Waals surface area contributed by atoms with Crippen LogP contribution in [0, 0.1) is 0 Å². The first-order chi connectivity index (χ1) is 11.5. The van der Waals surface area contributed by atoms with Crippen LogP contribution in [0.3, 0.4) is 0 Å². The van der Waals surface area contributed by atoms with E-state index in [1.54, 1.807) is 0 Å². The minimum atomic E-state index is -0.457. The van der Waals surface area contributed by atoms with E-state index in [4.69, 9.17) is 14.5 Å². The highest BCUT2D eigenvalue weighted by atomic mass is 16.5. The number of β-amino-alcohol motifs (C(OH)–C–C–N with tert-alkyl or cyclic N) is 1. The van der Waals surface area contributed by atoms with E-state index in [2.05, 4.69) is 30.4 Å². The van der Waals surface area contributed by atoms with Gasteiger partial charge in [-0.25, -0.2) is 4.98 Å². The zero-order valence-electron chi connectivity index (χ0n) is 15.2. The van der Waals surface area contributed by atoms with Gasteiger partial charge in [-0.05, 0) is 12.8 Å². The monoisotopic (exact) mass is 337 g/mol. The Morgan fingerprint density at radius 1 is 1.42 bits per heavy atom. The lowest BCUT2D eigenvalue weighted by atomic mass is 10.1. The van der Waals surface area contributed by atoms with E-state index in [9.17, 15) is 5.11 Å². The van der Waals surface area contributed by atoms with Crippen molar-refractivity contribution in [3.63, 3.8) is 0 Å². The normalized spacial score (nSPS) is 23.0. The number of nitrogens with zero attached hydrogens (tertiary/aromatic N) is 3. The summed E-state index contributed by atoms with van der Waals surface area (Å²) in [5.74, 6) is 1.59. The highest BCUT2D eigenvalue weighted by molar-refractivity contribution is 5.21. The number of fused-ring (bicyclic) bond motifs is 1. The molecule has 0 saturated carbocycles. The van der Waals surface area contributed by atoms with Crippen molar-refractivity contribution in [1.82, 2.24) is 14.5 Å². The first-order valence-electron chi connectivity index (χ1n) is 9.18. The van der Waals surface area contributed by atoms with E-state index in [0.29, 0.717) is 25.7 Å². The maximum atomic E-state index is 10.2. The highest BCUT2D eigenvalue weighted by Gasteiger charge is 2.25. The number of aromatic nitrogens is 2. The molecule has 1 N–H and O–H groups in total. The Bertz CT molecular complexity index is 538. The number of ether oxygens (including phenoxy) is 2. The Hall–Kier alpha value is -0.950. The summed E-state index contributed by atoms with van der Waals surface area (Å²) in [6.45, 7) is 8.60. The van der Waals surface area contributed by atoms with Gasteiger partial charge in [0.05, 0.1) is 31.1 Å². The molecular weight excluding hydrogens is 306 g/mol. The van der Waals surface area contributed by atoms with Crippen LogP contribution in [0.15, 0.2) is 0 Å². The predicted molar refractivity (Wildman–Crippen MR) is 92.1 cm³/mol. The molecule has 136 valence electrons. The summed E-state index contributed by atoms with van der Waals surface area (Å²) in [5.41, 5.74) is 2.51. The molecule has 1 aromatic heterocycles. The van der Waals surface area contributed by atoms with Crippen molar-refractivity contribution in [2.45, 2.75) is 57.8 Å². The molecule has 2 aliphatic rings. The van der Waals surface area contributed by atoms with Crippen LogP contribution in [0.1, 0.15) is 49.8 Å². The van der Waals surface area contributed by atoms with E-state index in [1.165, 1.54) is 11.4 Å². The summed E-state index contributed by atoms with van der Waals surface area (Å²) in [4.78, 5) is 7.09. The van der Waals surface area contributed by atoms with Crippen molar-refractivity contribution >= 4 is 0 Å². The third-order valence-corrected chi connectivity index (χ3v) is 4.99. The second-order valence-electron chi connectivity index (χ2n) is 7.39. The van der Waals surface area contributed by atoms with Crippen molar-refractivity contribution < 1.29 is 14.6 Å². The summed E-state index contributed by atoms with van der Waals surface area (Å²) >= 11 is 0. The van der Waals surface area contributed by atoms with Crippen molar-refractivity contribution in [3.05, 3.63) is 17.2 Å². The van der Waals surface area contributed by atoms with Crippen LogP contribution in [0.5, 0.6) is 0 Å². The van der Waals surface area contributed by atoms with Crippen molar-refractivity contribution in [2.75, 3.05) is 32.9 Å². The number of aliphatic hydroxyl groups excluding tert-OH is 1. The van der Waals surface area contributed by atoms with E-state index in [1.807, 2.05) is 0 Å². The number of hydrogen-bond acceptors (Lipinski definition) is 5. The smallest absolute Gasteiger partial charge is 0.111 e. The summed E-state index contributed by atoms with van der Waals surface area (Å²) in [6, 6.07) is 0. The Labute approximate surface area is 144 Å². The van der Waals surface area contributed by atoms with Crippen LogP contribution in [-0.2, 0) is 29.5 Å². The van der Waals surface area contributed by atoms with Crippen molar-refractivity contribution in [1.29, 1.82) is 0 Å². The molecule has 3 rings (SSSR count). The van der Waals surface area contributed by atoms with Gasteiger partial charge in [-0.3, -0.25) is 4.90 Å². The van der Waals surface area contributed by atoms with E-state index < -0.39 is 6.10 Å². The Kier molecular flexibility index (Phi) is 5.92. The van der Waals surface area contributed by atoms with Gasteiger partial charge in [0, 0.05) is 51.3 Å². The molecule has 0 bridgehead atoms. The fourth-order valence-corrected chi connectivity index (χ4v) is 3.74. The lowest BCUT2D eigenvalue weighted by Gasteiger charge is -2.28. The van der Waals surface area contributed by atoms with Gasteiger partial charge in [-0.2, -0.15) is 0 Å². The van der Waals surface area contributed by atoms with E-state index in [0.717, 1.165) is 44.8 Å². The number of rotatable bonds is 7. The molecule has 0 aliphatic carbocycles. The largest absolute Gasteiger partial charge is 0.389 e. The molecule has 6 heteroatoms. The molecule has 1 saturated heterocycles. The van der Waals surface area contributed by atoms with Crippen LogP contribution in [0.4, 0.5) is 0 Å². The van der Waals surface area contributed by atoms with Crippen LogP contribution >= 0.6 is 0 Å². The molecule has 0 aromatic carbocycles. The highest BCUT2D eigenvalue weighted by Crippen LogP contribution is 2.23. The number of aliphatic hydroxyl groups is 1. The third kappa shape index (κ3) is 4.17. The average molecular weight is 337 g/mol. The zero-order valence-corrected chi connectivity index (χ0v) is 15.2. The van der Waals surface area contributed by atoms with Gasteiger partial charge in [-0.1, -0.05) is 13.8 Å². The van der Waals surface area contributed by atoms with E-state index in [-0.39, 0.29) is 6.10 Å². The first-order valence-corrected chi connectivity index (χ1v) is 9.18. The fourth-order valence-electron chi connectivity index (χ4n) is 3.74. The van der Waals surface area contributed by atoms with Crippen LogP contribution in [-0.4, -0.2) is 64.7 Å². The van der Waals surface area contributed by atoms with Crippen LogP contribution in [0.2, 0.25) is 0 Å². The van der Waals surface area contributed by atoms with Gasteiger partial charge in [0.1, 0.15) is 5.82 Å². The van der Waals surface area contributed by atoms with Crippen molar-refractivity contribution in [3.8, 4) is 0 Å². The zero-order chi connectivity index (χ0) is 17.1. The summed E-state index contributed by atoms with van der Waals surface area (Å²) in [5, 5.41) is 10.2. The summed E-state index contributed by atoms with van der Waals surface area (Å²) in [6.07, 6.45) is 2.95. The van der Waals surface area contributed by atoms with E-state index >= 15 is 0 Å². The SMILES string of the molecule is CC(C)c1nc2c(n1C)CCN(C[C@@H](O)COC[C@H]1CCCO1)C2. The lowest BCUT2D eigenvalue weighted by Crippen LogP contribution is -2.39. The van der Waals surface area contributed by atoms with Crippen LogP contribution < -0.4 is 0 Å². The predicted octanol–water partition coefficient (Wildman–Crippen LogP) is 1.46. The second kappa shape index (κ2) is 7.95. The molecular formula is C18H31N3O3. The summed E-state index contributed by atoms with van der Waals surface area (Å²) < 4.78 is 13.4. The molecule has 2 atom stereocenters. The van der Waals surface area contributed by atoms with Gasteiger partial charge in [-0.15, -0.1) is 0 Å². The van der Waals surface area contributed by atoms with Crippen LogP contribution in [0.25, 0.3) is 0 Å². The molecule has 1 fully saturated rings. The summed E-state index contributed by atoms with van der Waals surface area (Å²) in [7, 11) is 2.12. The fraction of sp³-hybridized carbons (Fsp3) is 0.833. The molecule has 24 heavy (non-hydrogen) atoms. The average Bonchev–Trinajstić information content (AvgIpc) is 3.15. The lowest BCUT2D eigenvalue weighted by molar-refractivity contribution is -0.0262. The molecule has 0 radical (unpaired) electrons. The van der Waals surface area contributed by atoms with Crippen molar-refractivity contribution in [2.24, 2.45) is 7.05 Å². The van der Waals surface area contributed by atoms with Gasteiger partial charge >= 0.3 is 0 Å². The Morgan fingerprint density at radius 2 is 2.25 bits per heavy atom. The number of imidazole rings is 1. The maximum Gasteiger partial charge on any atom is 0.111 e. The van der Waals surface area contributed by atoms with Gasteiger partial charge in [0.15, 0.2) is 0 Å². The topological polar surface area (TPSA) is 59.8 Å². The maximum absolute atomic E-state index is 10.2. The van der Waals surface area contributed by atoms with Gasteiger partial charge < -0.3 is 19.1 Å². The minimum Gasteiger partial charge on any atom is -0.389 e. The Morgan fingerprint density at radius 3 is 2.96 bits per heavy atom. The molecule has 3 heterocycles. The van der Waals surface area contributed by atoms with Gasteiger partial charge in [0.2, 0.25) is 0 Å². The molecule has 0 spiro atoms. The molecule has 2 aliphatic heterocycles. The molecule has 0 unspecified atom stereocenters. The molecule has 6 nitrogen and oxygen atoms in total.